The largest absolute Gasteiger partial charge is 0.481 e. The normalized spacial score (nSPS) is 13.5. The highest BCUT2D eigenvalue weighted by atomic mass is 32.1. The second-order valence-corrected chi connectivity index (χ2v) is 6.99. The SMILES string of the molecule is CCCOCCOCCC(=O)NC[C@H](N)C(=O)N[C@@H](CC(=O)O)C(=O)N[C@@H](CS)C(=O)O. The zero-order valence-corrected chi connectivity index (χ0v) is 18.8. The van der Waals surface area contributed by atoms with Gasteiger partial charge in [-0.25, -0.2) is 4.79 Å². The summed E-state index contributed by atoms with van der Waals surface area (Å²) in [5.41, 5.74) is 5.68. The number of nitrogens with one attached hydrogen (secondary N) is 3. The van der Waals surface area contributed by atoms with E-state index in [-0.39, 0.29) is 25.3 Å². The van der Waals surface area contributed by atoms with Gasteiger partial charge in [0.1, 0.15) is 18.1 Å². The van der Waals surface area contributed by atoms with Crippen molar-refractivity contribution in [2.75, 3.05) is 38.7 Å². The summed E-state index contributed by atoms with van der Waals surface area (Å²) in [6.45, 7) is 3.27. The van der Waals surface area contributed by atoms with Crippen LogP contribution in [0.15, 0.2) is 0 Å². The Morgan fingerprint density at radius 2 is 1.53 bits per heavy atom. The van der Waals surface area contributed by atoms with Gasteiger partial charge in [0.05, 0.1) is 26.2 Å². The first kappa shape index (κ1) is 29.6. The van der Waals surface area contributed by atoms with E-state index in [0.717, 1.165) is 6.42 Å². The summed E-state index contributed by atoms with van der Waals surface area (Å²) in [5, 5.41) is 24.6. The Hall–Kier alpha value is -2.42. The van der Waals surface area contributed by atoms with Crippen LogP contribution in [-0.2, 0) is 33.4 Å². The van der Waals surface area contributed by atoms with Gasteiger partial charge in [-0.1, -0.05) is 6.92 Å². The molecule has 0 saturated heterocycles. The van der Waals surface area contributed by atoms with Crippen molar-refractivity contribution < 1.29 is 43.7 Å². The number of carboxylic acid groups (broad SMARTS) is 2. The van der Waals surface area contributed by atoms with Crippen molar-refractivity contribution in [1.82, 2.24) is 16.0 Å². The molecule has 184 valence electrons. The van der Waals surface area contributed by atoms with E-state index in [9.17, 15) is 24.0 Å². The van der Waals surface area contributed by atoms with Gasteiger partial charge >= 0.3 is 11.9 Å². The third-order valence-electron chi connectivity index (χ3n) is 3.86. The number of amides is 3. The third-order valence-corrected chi connectivity index (χ3v) is 4.22. The molecule has 0 unspecified atom stereocenters. The molecule has 0 aliphatic rings. The number of nitrogens with two attached hydrogens (primary N) is 1. The van der Waals surface area contributed by atoms with Crippen molar-refractivity contribution in [2.45, 2.75) is 44.3 Å². The van der Waals surface area contributed by atoms with Crippen LogP contribution in [0.25, 0.3) is 0 Å². The van der Waals surface area contributed by atoms with E-state index in [2.05, 4.69) is 28.6 Å². The molecule has 7 N–H and O–H groups in total. The van der Waals surface area contributed by atoms with Crippen LogP contribution >= 0.6 is 12.6 Å². The summed E-state index contributed by atoms with van der Waals surface area (Å²) in [5.74, 6) is -5.33. The summed E-state index contributed by atoms with van der Waals surface area (Å²) in [6.07, 6.45) is 0.137. The lowest BCUT2D eigenvalue weighted by Crippen LogP contribution is -2.57. The summed E-state index contributed by atoms with van der Waals surface area (Å²) >= 11 is 3.79. The molecule has 0 rings (SSSR count). The highest BCUT2D eigenvalue weighted by Gasteiger charge is 2.29. The minimum absolute atomic E-state index is 0.0342. The fourth-order valence-corrected chi connectivity index (χ4v) is 2.40. The Balaban J connectivity index is 4.48. The zero-order chi connectivity index (χ0) is 24.5. The molecular weight excluding hydrogens is 448 g/mol. The topological polar surface area (TPSA) is 206 Å². The highest BCUT2D eigenvalue weighted by molar-refractivity contribution is 7.80. The van der Waals surface area contributed by atoms with E-state index in [4.69, 9.17) is 25.4 Å². The Morgan fingerprint density at radius 3 is 2.06 bits per heavy atom. The quantitative estimate of drug-likeness (QED) is 0.0826. The van der Waals surface area contributed by atoms with Crippen molar-refractivity contribution >= 4 is 42.3 Å². The molecule has 0 heterocycles. The van der Waals surface area contributed by atoms with Crippen molar-refractivity contribution in [2.24, 2.45) is 5.73 Å². The fourth-order valence-electron chi connectivity index (χ4n) is 2.16. The van der Waals surface area contributed by atoms with Crippen LogP contribution in [0.1, 0.15) is 26.2 Å². The standard InChI is InChI=1S/C18H32N4O9S/c1-2-4-30-6-7-31-5-3-14(23)20-9-11(19)16(26)21-12(8-15(24)25)17(27)22-13(10-32)18(28)29/h11-13,32H,2-10,19H2,1H3,(H,20,23)(H,21,26)(H,22,27)(H,24,25)(H,28,29)/t11-,12-,13-/m0/s1. The number of hydrogen-bond acceptors (Lipinski definition) is 9. The first-order valence-corrected chi connectivity index (χ1v) is 10.6. The molecule has 0 aliphatic carbocycles. The summed E-state index contributed by atoms with van der Waals surface area (Å²) in [4.78, 5) is 58.2. The number of ether oxygens (including phenoxy) is 2. The molecule has 0 bridgehead atoms. The molecule has 0 radical (unpaired) electrons. The highest BCUT2D eigenvalue weighted by Crippen LogP contribution is 1.98. The Morgan fingerprint density at radius 1 is 0.938 bits per heavy atom. The molecule has 3 atom stereocenters. The Bertz CT molecular complexity index is 636. The molecule has 0 aromatic heterocycles. The van der Waals surface area contributed by atoms with Gasteiger partial charge in [0.25, 0.3) is 0 Å². The van der Waals surface area contributed by atoms with Crippen LogP contribution < -0.4 is 21.7 Å². The molecule has 32 heavy (non-hydrogen) atoms. The second-order valence-electron chi connectivity index (χ2n) is 6.63. The molecule has 14 heteroatoms. The van der Waals surface area contributed by atoms with Crippen LogP contribution in [0.5, 0.6) is 0 Å². The molecule has 0 saturated carbocycles. The molecule has 0 aromatic rings. The number of hydrogen-bond donors (Lipinski definition) is 7. The first-order chi connectivity index (χ1) is 15.1. The average molecular weight is 481 g/mol. The van der Waals surface area contributed by atoms with Gasteiger partial charge in [0.2, 0.25) is 17.7 Å². The number of rotatable bonds is 18. The maximum absolute atomic E-state index is 12.2. The molecule has 13 nitrogen and oxygen atoms in total. The smallest absolute Gasteiger partial charge is 0.327 e. The van der Waals surface area contributed by atoms with Gasteiger partial charge in [-0.05, 0) is 6.42 Å². The molecular formula is C18H32N4O9S. The van der Waals surface area contributed by atoms with Crippen molar-refractivity contribution in [3.8, 4) is 0 Å². The average Bonchev–Trinajstić information content (AvgIpc) is 2.73. The molecule has 0 aliphatic heterocycles. The minimum Gasteiger partial charge on any atom is -0.481 e. The van der Waals surface area contributed by atoms with Crippen LogP contribution in [0.3, 0.4) is 0 Å². The number of carbonyl (C=O) groups excluding carboxylic acids is 3. The monoisotopic (exact) mass is 480 g/mol. The van der Waals surface area contributed by atoms with Crippen molar-refractivity contribution in [3.05, 3.63) is 0 Å². The van der Waals surface area contributed by atoms with Gasteiger partial charge in [-0.3, -0.25) is 19.2 Å². The molecule has 0 fully saturated rings. The second kappa shape index (κ2) is 17.2. The zero-order valence-electron chi connectivity index (χ0n) is 17.9. The lowest BCUT2D eigenvalue weighted by Gasteiger charge is -2.21. The number of carbonyl (C=O) groups is 5. The number of carboxylic acids is 2. The van der Waals surface area contributed by atoms with Gasteiger partial charge < -0.3 is 41.4 Å². The van der Waals surface area contributed by atoms with E-state index in [1.807, 2.05) is 6.92 Å². The fraction of sp³-hybridized carbons (Fsp3) is 0.722. The Kier molecular flexibility index (Phi) is 15.9. The predicted molar refractivity (Wildman–Crippen MR) is 115 cm³/mol. The molecule has 3 amide bonds. The molecule has 0 aromatic carbocycles. The van der Waals surface area contributed by atoms with E-state index in [1.165, 1.54) is 0 Å². The van der Waals surface area contributed by atoms with E-state index in [0.29, 0.717) is 19.8 Å². The minimum atomic E-state index is -1.56. The van der Waals surface area contributed by atoms with E-state index in [1.54, 1.807) is 0 Å². The van der Waals surface area contributed by atoms with Gasteiger partial charge in [-0.15, -0.1) is 0 Å². The third kappa shape index (κ3) is 13.8. The van der Waals surface area contributed by atoms with E-state index >= 15 is 0 Å². The number of thiol groups is 1. The summed E-state index contributed by atoms with van der Waals surface area (Å²) in [7, 11) is 0. The Labute approximate surface area is 191 Å². The number of aliphatic carboxylic acids is 2. The van der Waals surface area contributed by atoms with Gasteiger partial charge in [0.15, 0.2) is 0 Å². The lowest BCUT2D eigenvalue weighted by atomic mass is 10.1. The predicted octanol–water partition coefficient (Wildman–Crippen LogP) is -2.28. The van der Waals surface area contributed by atoms with Crippen LogP contribution in [-0.4, -0.2) is 96.7 Å². The van der Waals surface area contributed by atoms with Crippen molar-refractivity contribution in [3.63, 3.8) is 0 Å². The summed E-state index contributed by atoms with van der Waals surface area (Å²) in [6, 6.07) is -4.20. The lowest BCUT2D eigenvalue weighted by molar-refractivity contribution is -0.143. The van der Waals surface area contributed by atoms with Crippen LogP contribution in [0.2, 0.25) is 0 Å². The maximum Gasteiger partial charge on any atom is 0.327 e. The maximum atomic E-state index is 12.2. The van der Waals surface area contributed by atoms with Crippen molar-refractivity contribution in [1.29, 1.82) is 0 Å². The van der Waals surface area contributed by atoms with Gasteiger partial charge in [-0.2, -0.15) is 12.6 Å². The van der Waals surface area contributed by atoms with E-state index < -0.39 is 54.2 Å². The van der Waals surface area contributed by atoms with Crippen LogP contribution in [0, 0.1) is 0 Å². The first-order valence-electron chi connectivity index (χ1n) is 9.96. The summed E-state index contributed by atoms with van der Waals surface area (Å²) < 4.78 is 10.5. The van der Waals surface area contributed by atoms with Gasteiger partial charge in [0, 0.05) is 25.3 Å². The van der Waals surface area contributed by atoms with Crippen LogP contribution in [0.4, 0.5) is 0 Å². The molecule has 0 spiro atoms.